The van der Waals surface area contributed by atoms with Crippen molar-refractivity contribution in [3.05, 3.63) is 12.4 Å². The topological polar surface area (TPSA) is 92.5 Å². The highest BCUT2D eigenvalue weighted by Gasteiger charge is 2.34. The van der Waals surface area contributed by atoms with E-state index in [1.54, 1.807) is 0 Å². The summed E-state index contributed by atoms with van der Waals surface area (Å²) in [5.41, 5.74) is 0. The Balaban J connectivity index is 2.22. The minimum absolute atomic E-state index is 0.0492. The highest BCUT2D eigenvalue weighted by Crippen LogP contribution is 2.32. The molecule has 1 saturated carbocycles. The summed E-state index contributed by atoms with van der Waals surface area (Å²) in [4.78, 5) is 10.7. The molecule has 2 rings (SSSR count). The molecule has 0 spiro atoms. The van der Waals surface area contributed by atoms with Crippen molar-refractivity contribution in [1.82, 2.24) is 14.1 Å². The van der Waals surface area contributed by atoms with E-state index in [9.17, 15) is 13.2 Å². The Kier molecular flexibility index (Phi) is 4.14. The van der Waals surface area contributed by atoms with E-state index in [0.717, 1.165) is 17.5 Å². The van der Waals surface area contributed by atoms with Crippen LogP contribution in [-0.2, 0) is 21.4 Å². The lowest BCUT2D eigenvalue weighted by atomic mass is 10.3. The maximum absolute atomic E-state index is 12.6. The van der Waals surface area contributed by atoms with Crippen molar-refractivity contribution < 1.29 is 18.3 Å². The Bertz CT molecular complexity index is 590. The average Bonchev–Trinajstić information content (AvgIpc) is 3.03. The number of hydrogen-bond acceptors (Lipinski definition) is 4. The minimum Gasteiger partial charge on any atom is -0.480 e. The molecule has 1 aromatic heterocycles. The second-order valence-electron chi connectivity index (χ2n) is 5.38. The van der Waals surface area contributed by atoms with Crippen LogP contribution >= 0.6 is 0 Å². The van der Waals surface area contributed by atoms with E-state index in [4.69, 9.17) is 5.11 Å². The van der Waals surface area contributed by atoms with Crippen LogP contribution in [0.4, 0.5) is 0 Å². The van der Waals surface area contributed by atoms with Crippen LogP contribution in [0.2, 0.25) is 0 Å². The van der Waals surface area contributed by atoms with E-state index >= 15 is 0 Å². The summed E-state index contributed by atoms with van der Waals surface area (Å²) in [6.07, 6.45) is 4.61. The first-order chi connectivity index (χ1) is 9.30. The number of carboxylic acids is 1. The lowest BCUT2D eigenvalue weighted by Gasteiger charge is -2.25. The van der Waals surface area contributed by atoms with Crippen LogP contribution in [0, 0.1) is 5.92 Å². The fourth-order valence-electron chi connectivity index (χ4n) is 1.98. The molecular formula is C12H19N3O4S. The number of carbonyl (C=O) groups is 1. The molecule has 1 aliphatic rings. The van der Waals surface area contributed by atoms with Gasteiger partial charge < -0.3 is 5.11 Å². The van der Waals surface area contributed by atoms with E-state index < -0.39 is 16.0 Å². The van der Waals surface area contributed by atoms with Gasteiger partial charge in [-0.25, -0.2) is 8.42 Å². The Morgan fingerprint density at radius 1 is 1.55 bits per heavy atom. The third kappa shape index (κ3) is 3.37. The van der Waals surface area contributed by atoms with Crippen molar-refractivity contribution >= 4 is 16.0 Å². The Hall–Kier alpha value is -1.41. The third-order valence-corrected chi connectivity index (χ3v) is 5.22. The zero-order valence-corrected chi connectivity index (χ0v) is 12.4. The maximum Gasteiger partial charge on any atom is 0.325 e. The van der Waals surface area contributed by atoms with Crippen molar-refractivity contribution in [1.29, 1.82) is 0 Å². The number of nitrogens with zero attached hydrogens (tertiary/aromatic N) is 3. The fourth-order valence-corrected chi connectivity index (χ4v) is 3.65. The number of aliphatic carboxylic acids is 1. The highest BCUT2D eigenvalue weighted by molar-refractivity contribution is 7.89. The molecule has 0 atom stereocenters. The summed E-state index contributed by atoms with van der Waals surface area (Å²) in [7, 11) is -3.61. The first-order valence-electron chi connectivity index (χ1n) is 6.57. The van der Waals surface area contributed by atoms with Gasteiger partial charge in [0, 0.05) is 18.8 Å². The van der Waals surface area contributed by atoms with E-state index in [0.29, 0.717) is 12.5 Å². The number of hydrogen-bond donors (Lipinski definition) is 1. The largest absolute Gasteiger partial charge is 0.480 e. The third-order valence-electron chi connectivity index (χ3n) is 3.22. The highest BCUT2D eigenvalue weighted by atomic mass is 32.2. The molecule has 0 bridgehead atoms. The van der Waals surface area contributed by atoms with Crippen molar-refractivity contribution in [2.45, 2.75) is 44.2 Å². The predicted molar refractivity (Wildman–Crippen MR) is 71.6 cm³/mol. The lowest BCUT2D eigenvalue weighted by Crippen LogP contribution is -2.38. The number of carboxylic acid groups (broad SMARTS) is 1. The Morgan fingerprint density at radius 3 is 2.70 bits per heavy atom. The summed E-state index contributed by atoms with van der Waals surface area (Å²) >= 11 is 0. The molecule has 20 heavy (non-hydrogen) atoms. The van der Waals surface area contributed by atoms with Crippen molar-refractivity contribution in [3.8, 4) is 0 Å². The molecule has 1 aliphatic carbocycles. The van der Waals surface area contributed by atoms with Crippen LogP contribution < -0.4 is 0 Å². The molecule has 1 fully saturated rings. The van der Waals surface area contributed by atoms with Crippen molar-refractivity contribution in [3.63, 3.8) is 0 Å². The smallest absolute Gasteiger partial charge is 0.325 e. The standard InChI is InChI=1S/C12H19N3O4S/c1-9(2)15(6-10-3-4-10)20(18,19)11-5-13-14(7-11)8-12(16)17/h5,7,9-10H,3-4,6,8H2,1-2H3,(H,16,17). The van der Waals surface area contributed by atoms with E-state index in [1.165, 1.54) is 16.7 Å². The lowest BCUT2D eigenvalue weighted by molar-refractivity contribution is -0.137. The molecule has 112 valence electrons. The van der Waals surface area contributed by atoms with Crippen LogP contribution in [-0.4, -0.2) is 46.2 Å². The normalized spacial score (nSPS) is 16.0. The Labute approximate surface area is 118 Å². The van der Waals surface area contributed by atoms with Crippen molar-refractivity contribution in [2.24, 2.45) is 5.92 Å². The van der Waals surface area contributed by atoms with Crippen LogP contribution in [0.5, 0.6) is 0 Å². The predicted octanol–water partition coefficient (Wildman–Crippen LogP) is 0.777. The SMILES string of the molecule is CC(C)N(CC1CC1)S(=O)(=O)c1cnn(CC(=O)O)c1. The van der Waals surface area contributed by atoms with Gasteiger partial charge in [0.25, 0.3) is 0 Å². The monoisotopic (exact) mass is 301 g/mol. The molecule has 0 aliphatic heterocycles. The first kappa shape index (κ1) is 15.0. The van der Waals surface area contributed by atoms with Crippen LogP contribution in [0.25, 0.3) is 0 Å². The van der Waals surface area contributed by atoms with Gasteiger partial charge in [-0.2, -0.15) is 9.40 Å². The second kappa shape index (κ2) is 5.53. The van der Waals surface area contributed by atoms with Gasteiger partial charge >= 0.3 is 5.97 Å². The summed E-state index contributed by atoms with van der Waals surface area (Å²) in [5.74, 6) is -0.614. The summed E-state index contributed by atoms with van der Waals surface area (Å²) in [6.45, 7) is 3.84. The molecule has 8 heteroatoms. The minimum atomic E-state index is -3.61. The van der Waals surface area contributed by atoms with Gasteiger partial charge in [-0.05, 0) is 32.6 Å². The van der Waals surface area contributed by atoms with Crippen LogP contribution in [0.1, 0.15) is 26.7 Å². The average molecular weight is 301 g/mol. The van der Waals surface area contributed by atoms with Gasteiger partial charge in [0.15, 0.2) is 0 Å². The van der Waals surface area contributed by atoms with Gasteiger partial charge in [-0.1, -0.05) is 0 Å². The van der Waals surface area contributed by atoms with Gasteiger partial charge in [0.2, 0.25) is 10.0 Å². The zero-order valence-electron chi connectivity index (χ0n) is 11.6. The number of aromatic nitrogens is 2. The zero-order chi connectivity index (χ0) is 14.9. The molecule has 0 aromatic carbocycles. The molecule has 7 nitrogen and oxygen atoms in total. The molecule has 0 saturated heterocycles. The van der Waals surface area contributed by atoms with Gasteiger partial charge in [0.05, 0.1) is 6.20 Å². The first-order valence-corrected chi connectivity index (χ1v) is 8.01. The van der Waals surface area contributed by atoms with Crippen LogP contribution in [0.3, 0.4) is 0 Å². The second-order valence-corrected chi connectivity index (χ2v) is 7.27. The summed E-state index contributed by atoms with van der Waals surface area (Å²) in [6, 6.07) is -0.136. The molecule has 0 amide bonds. The van der Waals surface area contributed by atoms with Gasteiger partial charge in [-0.3, -0.25) is 9.48 Å². The van der Waals surface area contributed by atoms with E-state index in [-0.39, 0.29) is 17.5 Å². The molecule has 1 aromatic rings. The number of sulfonamides is 1. The quantitative estimate of drug-likeness (QED) is 0.803. The molecule has 1 heterocycles. The number of rotatable bonds is 7. The molecule has 0 unspecified atom stereocenters. The molecule has 1 N–H and O–H groups in total. The van der Waals surface area contributed by atoms with E-state index in [1.807, 2.05) is 13.8 Å². The molecular weight excluding hydrogens is 282 g/mol. The van der Waals surface area contributed by atoms with E-state index in [2.05, 4.69) is 5.10 Å². The Morgan fingerprint density at radius 2 is 2.20 bits per heavy atom. The van der Waals surface area contributed by atoms with Crippen molar-refractivity contribution in [2.75, 3.05) is 6.54 Å². The van der Waals surface area contributed by atoms with Gasteiger partial charge in [-0.15, -0.1) is 0 Å². The van der Waals surface area contributed by atoms with Crippen LogP contribution in [0.15, 0.2) is 17.3 Å². The fraction of sp³-hybridized carbons (Fsp3) is 0.667. The maximum atomic E-state index is 12.6. The summed E-state index contributed by atoms with van der Waals surface area (Å²) < 4.78 is 27.7. The molecule has 0 radical (unpaired) electrons. The van der Waals surface area contributed by atoms with Gasteiger partial charge in [0.1, 0.15) is 11.4 Å². The summed E-state index contributed by atoms with van der Waals surface area (Å²) in [5, 5.41) is 12.5.